The van der Waals surface area contributed by atoms with Crippen molar-refractivity contribution in [2.45, 2.75) is 155 Å². The van der Waals surface area contributed by atoms with Gasteiger partial charge in [0.1, 0.15) is 23.9 Å². The van der Waals surface area contributed by atoms with E-state index in [4.69, 9.17) is 15.2 Å². The number of hydrogen-bond donors (Lipinski definition) is 6. The highest BCUT2D eigenvalue weighted by Gasteiger charge is 2.42. The Bertz CT molecular complexity index is 2060. The van der Waals surface area contributed by atoms with Crippen LogP contribution >= 0.6 is 0 Å². The third-order valence-corrected chi connectivity index (χ3v) is 14.1. The van der Waals surface area contributed by atoms with Crippen LogP contribution in [0, 0.1) is 23.7 Å². The Morgan fingerprint density at radius 1 is 0.753 bits per heavy atom. The number of nitrogens with two attached hydrogens (primary N) is 1. The third-order valence-electron chi connectivity index (χ3n) is 14.1. The molecule has 18 nitrogen and oxygen atoms in total. The highest BCUT2D eigenvalue weighted by Crippen LogP contribution is 2.29. The van der Waals surface area contributed by atoms with Gasteiger partial charge >= 0.3 is 0 Å². The van der Waals surface area contributed by atoms with Crippen LogP contribution in [0.25, 0.3) is 0 Å². The molecule has 1 fully saturated rings. The smallest absolute Gasteiger partial charge is 0.247 e. The number of methoxy groups -OCH3 is 2. The summed E-state index contributed by atoms with van der Waals surface area (Å²) < 4.78 is 12.1. The van der Waals surface area contributed by atoms with Crippen molar-refractivity contribution < 1.29 is 43.0 Å². The van der Waals surface area contributed by atoms with Crippen molar-refractivity contribution in [2.24, 2.45) is 29.4 Å². The van der Waals surface area contributed by atoms with Crippen molar-refractivity contribution in [3.05, 3.63) is 60.2 Å². The van der Waals surface area contributed by atoms with E-state index in [0.717, 1.165) is 24.8 Å². The van der Waals surface area contributed by atoms with Crippen LogP contribution in [0.1, 0.15) is 106 Å². The van der Waals surface area contributed by atoms with Gasteiger partial charge in [-0.1, -0.05) is 85.2 Å². The molecule has 1 aliphatic rings. The number of benzene rings is 2. The lowest BCUT2D eigenvalue weighted by Gasteiger charge is -2.40. The summed E-state index contributed by atoms with van der Waals surface area (Å²) in [6, 6.07) is 12.3. The maximum absolute atomic E-state index is 14.3. The van der Waals surface area contributed by atoms with Crippen LogP contribution in [0.2, 0.25) is 0 Å². The number of unbranched alkanes of at least 4 members (excludes halogenated alkanes) is 1. The molecule has 6 amide bonds. The molecule has 7 N–H and O–H groups in total. The molecule has 0 radical (unpaired) electrons. The van der Waals surface area contributed by atoms with Gasteiger partial charge in [-0.15, -0.1) is 0 Å². The molecule has 18 heteroatoms. The maximum Gasteiger partial charge on any atom is 0.247 e. The summed E-state index contributed by atoms with van der Waals surface area (Å²) in [7, 11) is 8.53. The van der Waals surface area contributed by atoms with E-state index in [2.05, 4.69) is 31.5 Å². The lowest BCUT2D eigenvalue weighted by atomic mass is 9.89. The van der Waals surface area contributed by atoms with Gasteiger partial charge in [-0.25, -0.2) is 0 Å². The molecule has 2 aromatic rings. The second kappa shape index (κ2) is 30.8. The average Bonchev–Trinajstić information content (AvgIpc) is 3.79. The fourth-order valence-electron chi connectivity index (χ4n) is 10.1. The van der Waals surface area contributed by atoms with Crippen molar-refractivity contribution in [1.82, 2.24) is 30.7 Å². The molecule has 0 unspecified atom stereocenters. The number of amides is 6. The third kappa shape index (κ3) is 18.9. The topological polar surface area (TPSA) is 234 Å². The van der Waals surface area contributed by atoms with E-state index in [9.17, 15) is 33.6 Å². The summed E-state index contributed by atoms with van der Waals surface area (Å²) >= 11 is 0. The molecule has 10 atom stereocenters. The quantitative estimate of drug-likeness (QED) is 0.0569. The lowest BCUT2D eigenvalue weighted by molar-refractivity contribution is -0.144. The molecule has 3 rings (SSSR count). The Kier molecular flexibility index (Phi) is 26.2. The van der Waals surface area contributed by atoms with Crippen molar-refractivity contribution in [3.8, 4) is 0 Å². The molecule has 0 spiro atoms. The van der Waals surface area contributed by atoms with Gasteiger partial charge in [0.2, 0.25) is 35.4 Å². The number of rotatable bonds is 31. The Morgan fingerprint density at radius 3 is 1.86 bits per heavy atom. The lowest BCUT2D eigenvalue weighted by Crippen LogP contribution is -2.59. The number of ether oxygens (including phenoxy) is 2. The number of nitrogens with one attached hydrogen (secondary N) is 5. The van der Waals surface area contributed by atoms with Crippen LogP contribution in [0.3, 0.4) is 0 Å². The second-order valence-electron chi connectivity index (χ2n) is 20.7. The second-order valence-corrected chi connectivity index (χ2v) is 20.7. The number of likely N-dealkylation sites (N-methyl/N-ethyl adjacent to an activating group) is 2. The number of ketones is 1. The predicted molar refractivity (Wildman–Crippen MR) is 286 cm³/mol. The first kappa shape index (κ1) is 62.0. The van der Waals surface area contributed by atoms with Crippen LogP contribution in [-0.4, -0.2) is 159 Å². The van der Waals surface area contributed by atoms with Gasteiger partial charge in [0.05, 0.1) is 36.8 Å². The standard InChI is InChI=1S/C55H89N9O9/c1-14-36(6)49(63(11)55(71)47(34(2)3)61-54(70)48(35(4)5)62(9)10)46(72-12)32-42(66)33-64-30-20-24-45(64)50(73-13)37(7)51(67)60-44(31-39-21-16-15-17-22-39)53(69)59-41-27-25-40(26-28-41)58-52(68)43(57-38(8)65)23-18-19-29-56/h15-17,21-22,25-28,34-37,43-50H,14,18-20,23-24,29-33,56H2,1-13H3,(H,57,65)(H,58,68)(H,59,69)(H,60,67)(H,61,70)/t36-,37+,43+,44-,45-,46+,47-,48-,49-,50+/m0/s1. The van der Waals surface area contributed by atoms with Crippen molar-refractivity contribution in [2.75, 3.05) is 65.6 Å². The molecule has 2 aromatic carbocycles. The van der Waals surface area contributed by atoms with E-state index in [1.54, 1.807) is 57.4 Å². The van der Waals surface area contributed by atoms with E-state index >= 15 is 0 Å². The molecule has 0 aromatic heterocycles. The number of nitrogens with zero attached hydrogens (tertiary/aromatic N) is 3. The minimum atomic E-state index is -0.973. The summed E-state index contributed by atoms with van der Waals surface area (Å²) in [6.07, 6.45) is 3.01. The fourth-order valence-corrected chi connectivity index (χ4v) is 10.1. The largest absolute Gasteiger partial charge is 0.379 e. The van der Waals surface area contributed by atoms with E-state index in [-0.39, 0.29) is 78.5 Å². The van der Waals surface area contributed by atoms with Gasteiger partial charge < -0.3 is 46.7 Å². The van der Waals surface area contributed by atoms with Crippen LogP contribution in [-0.2, 0) is 49.5 Å². The first-order chi connectivity index (χ1) is 34.6. The zero-order valence-corrected chi connectivity index (χ0v) is 46.0. The summed E-state index contributed by atoms with van der Waals surface area (Å²) in [4.78, 5) is 101. The molecule has 0 bridgehead atoms. The zero-order chi connectivity index (χ0) is 54.5. The van der Waals surface area contributed by atoms with Gasteiger partial charge in [-0.3, -0.25) is 43.4 Å². The van der Waals surface area contributed by atoms with Crippen molar-refractivity contribution in [3.63, 3.8) is 0 Å². The van der Waals surface area contributed by atoms with E-state index in [1.165, 1.54) is 6.92 Å². The number of Topliss-reactive ketones (excluding diaryl/α,β-unsaturated/α-hetero) is 1. The van der Waals surface area contributed by atoms with Gasteiger partial charge in [-0.05, 0) is 107 Å². The number of likely N-dealkylation sites (tertiary alicyclic amines) is 1. The number of carbonyl (C=O) groups is 7. The zero-order valence-electron chi connectivity index (χ0n) is 46.0. The molecule has 0 saturated carbocycles. The Balaban J connectivity index is 1.75. The van der Waals surface area contributed by atoms with Crippen LogP contribution in [0.15, 0.2) is 54.6 Å². The molecule has 1 heterocycles. The van der Waals surface area contributed by atoms with E-state index in [1.807, 2.05) is 90.9 Å². The van der Waals surface area contributed by atoms with Crippen molar-refractivity contribution in [1.29, 1.82) is 0 Å². The minimum absolute atomic E-state index is 0.0239. The first-order valence-electron chi connectivity index (χ1n) is 26.2. The van der Waals surface area contributed by atoms with Crippen LogP contribution < -0.4 is 32.3 Å². The normalized spacial score (nSPS) is 17.6. The van der Waals surface area contributed by atoms with Gasteiger partial charge in [0, 0.05) is 58.4 Å². The first-order valence-corrected chi connectivity index (χ1v) is 26.2. The molecule has 73 heavy (non-hydrogen) atoms. The van der Waals surface area contributed by atoms with Gasteiger partial charge in [-0.2, -0.15) is 0 Å². The van der Waals surface area contributed by atoms with E-state index in [0.29, 0.717) is 43.7 Å². The van der Waals surface area contributed by atoms with Gasteiger partial charge in [0.25, 0.3) is 0 Å². The molecular formula is C55H89N9O9. The predicted octanol–water partition coefficient (Wildman–Crippen LogP) is 4.61. The monoisotopic (exact) mass is 1020 g/mol. The number of hydrogen-bond acceptors (Lipinski definition) is 12. The molecule has 1 aliphatic heterocycles. The molecule has 408 valence electrons. The SMILES string of the molecule is CC[C@H](C)[C@@H]([C@@H](CC(=O)CN1CCC[C@H]1[C@H](OC)[C@@H](C)C(=O)N[C@@H](Cc1ccccc1)C(=O)Nc1ccc(NC(=O)[C@@H](CCCCN)NC(C)=O)cc1)OC)N(C)C(=O)[C@@H](NC(=O)[C@H](C(C)C)N(C)C)C(C)C. The minimum Gasteiger partial charge on any atom is -0.379 e. The van der Waals surface area contributed by atoms with E-state index < -0.39 is 54.2 Å². The molecule has 0 aliphatic carbocycles. The van der Waals surface area contributed by atoms with Crippen LogP contribution in [0.5, 0.6) is 0 Å². The number of anilines is 2. The summed E-state index contributed by atoms with van der Waals surface area (Å²) in [5.41, 5.74) is 7.37. The Morgan fingerprint density at radius 2 is 1.36 bits per heavy atom. The highest BCUT2D eigenvalue weighted by molar-refractivity contribution is 5.99. The highest BCUT2D eigenvalue weighted by atomic mass is 16.5. The maximum atomic E-state index is 14.3. The Labute approximate surface area is 435 Å². The summed E-state index contributed by atoms with van der Waals surface area (Å²) in [5.74, 6) is -3.00. The Hall–Kier alpha value is -5.27. The fraction of sp³-hybridized carbons (Fsp3) is 0.655. The summed E-state index contributed by atoms with van der Waals surface area (Å²) in [6.45, 7) is 16.1. The number of carbonyl (C=O) groups excluding carboxylic acids is 7. The van der Waals surface area contributed by atoms with Gasteiger partial charge in [0.15, 0.2) is 0 Å². The van der Waals surface area contributed by atoms with Crippen LogP contribution in [0.4, 0.5) is 11.4 Å². The summed E-state index contributed by atoms with van der Waals surface area (Å²) in [5, 5.41) is 14.5. The van der Waals surface area contributed by atoms with Crippen molar-refractivity contribution >= 4 is 52.6 Å². The average molecular weight is 1020 g/mol. The molecule has 1 saturated heterocycles. The molecular weight excluding hydrogens is 931 g/mol.